The van der Waals surface area contributed by atoms with E-state index in [1.807, 2.05) is 0 Å². The fourth-order valence-corrected chi connectivity index (χ4v) is 2.31. The van der Waals surface area contributed by atoms with Crippen LogP contribution in [0.4, 0.5) is 0 Å². The third-order valence-electron chi connectivity index (χ3n) is 3.33. The summed E-state index contributed by atoms with van der Waals surface area (Å²) in [6, 6.07) is 1.32. The Hall–Kier alpha value is -1.78. The van der Waals surface area contributed by atoms with Crippen LogP contribution in [0.5, 0.6) is 0 Å². The van der Waals surface area contributed by atoms with Crippen molar-refractivity contribution in [2.24, 2.45) is 5.92 Å². The first-order valence-electron chi connectivity index (χ1n) is 5.67. The summed E-state index contributed by atoms with van der Waals surface area (Å²) in [6.45, 7) is 2.39. The summed E-state index contributed by atoms with van der Waals surface area (Å²) in [5, 5.41) is 9.08. The third kappa shape index (κ3) is 2.18. The standard InChI is InChI=1S/C12H15NO4/c1-8-10(12(15)16)3-2-5-13(8)11(14)9-4-6-17-7-9/h4,6-8,10H,2-3,5H2,1H3,(H,15,16)/t8-,10-/m1/s1. The highest BCUT2D eigenvalue weighted by Gasteiger charge is 2.35. The number of amides is 1. The molecule has 92 valence electrons. The van der Waals surface area contributed by atoms with Gasteiger partial charge in [0, 0.05) is 12.6 Å². The smallest absolute Gasteiger partial charge is 0.308 e. The molecule has 0 radical (unpaired) electrons. The van der Waals surface area contributed by atoms with Crippen molar-refractivity contribution in [2.75, 3.05) is 6.54 Å². The fourth-order valence-electron chi connectivity index (χ4n) is 2.31. The Kier molecular flexibility index (Phi) is 3.17. The SMILES string of the molecule is C[C@@H]1[C@H](C(=O)O)CCCN1C(=O)c1ccoc1. The van der Waals surface area contributed by atoms with Crippen LogP contribution in [0.1, 0.15) is 30.1 Å². The molecular formula is C12H15NO4. The van der Waals surface area contributed by atoms with Gasteiger partial charge in [-0.05, 0) is 25.8 Å². The zero-order valence-corrected chi connectivity index (χ0v) is 9.63. The van der Waals surface area contributed by atoms with Gasteiger partial charge < -0.3 is 14.4 Å². The number of hydrogen-bond donors (Lipinski definition) is 1. The Morgan fingerprint density at radius 2 is 2.29 bits per heavy atom. The van der Waals surface area contributed by atoms with E-state index >= 15 is 0 Å². The highest BCUT2D eigenvalue weighted by molar-refractivity contribution is 5.94. The molecule has 1 aliphatic rings. The number of hydrogen-bond acceptors (Lipinski definition) is 3. The molecule has 0 spiro atoms. The maximum Gasteiger partial charge on any atom is 0.308 e. The predicted molar refractivity (Wildman–Crippen MR) is 59.6 cm³/mol. The van der Waals surface area contributed by atoms with Gasteiger partial charge in [0.05, 0.1) is 17.7 Å². The van der Waals surface area contributed by atoms with Crippen LogP contribution in [-0.4, -0.2) is 34.5 Å². The van der Waals surface area contributed by atoms with Crippen molar-refractivity contribution in [3.63, 3.8) is 0 Å². The fraction of sp³-hybridized carbons (Fsp3) is 0.500. The first kappa shape index (κ1) is 11.7. The van der Waals surface area contributed by atoms with Crippen molar-refractivity contribution in [1.82, 2.24) is 4.90 Å². The van der Waals surface area contributed by atoms with Gasteiger partial charge in [-0.2, -0.15) is 0 Å². The van der Waals surface area contributed by atoms with E-state index < -0.39 is 11.9 Å². The van der Waals surface area contributed by atoms with E-state index in [4.69, 9.17) is 9.52 Å². The molecular weight excluding hydrogens is 222 g/mol. The minimum absolute atomic E-state index is 0.155. The Morgan fingerprint density at radius 3 is 2.88 bits per heavy atom. The summed E-state index contributed by atoms with van der Waals surface area (Å²) in [7, 11) is 0. The molecule has 2 heterocycles. The molecule has 1 amide bonds. The lowest BCUT2D eigenvalue weighted by atomic mass is 9.90. The van der Waals surface area contributed by atoms with Crippen LogP contribution in [0, 0.1) is 5.92 Å². The molecule has 2 atom stereocenters. The van der Waals surface area contributed by atoms with Crippen LogP contribution < -0.4 is 0 Å². The molecule has 5 heteroatoms. The minimum Gasteiger partial charge on any atom is -0.481 e. The summed E-state index contributed by atoms with van der Waals surface area (Å²) < 4.78 is 4.87. The second-order valence-corrected chi connectivity index (χ2v) is 4.34. The summed E-state index contributed by atoms with van der Waals surface area (Å²) in [5.74, 6) is -1.46. The van der Waals surface area contributed by atoms with Crippen molar-refractivity contribution < 1.29 is 19.1 Å². The van der Waals surface area contributed by atoms with E-state index in [0.717, 1.165) is 6.42 Å². The third-order valence-corrected chi connectivity index (χ3v) is 3.33. The Labute approximate surface area is 99.0 Å². The number of carbonyl (C=O) groups excluding carboxylic acids is 1. The minimum atomic E-state index is -0.831. The highest BCUT2D eigenvalue weighted by Crippen LogP contribution is 2.25. The molecule has 1 aromatic rings. The zero-order chi connectivity index (χ0) is 12.4. The number of carboxylic acids is 1. The number of rotatable bonds is 2. The van der Waals surface area contributed by atoms with Crippen LogP contribution in [0.3, 0.4) is 0 Å². The molecule has 5 nitrogen and oxygen atoms in total. The van der Waals surface area contributed by atoms with E-state index in [-0.39, 0.29) is 11.9 Å². The Balaban J connectivity index is 2.15. The predicted octanol–water partition coefficient (Wildman–Crippen LogP) is 1.60. The first-order valence-corrected chi connectivity index (χ1v) is 5.67. The Morgan fingerprint density at radius 1 is 1.53 bits per heavy atom. The maximum absolute atomic E-state index is 12.1. The molecule has 1 aliphatic heterocycles. The largest absolute Gasteiger partial charge is 0.481 e. The van der Waals surface area contributed by atoms with Crippen LogP contribution in [0.15, 0.2) is 23.0 Å². The van der Waals surface area contributed by atoms with Crippen LogP contribution in [-0.2, 0) is 4.79 Å². The lowest BCUT2D eigenvalue weighted by molar-refractivity contribution is -0.144. The van der Waals surface area contributed by atoms with Crippen molar-refractivity contribution in [2.45, 2.75) is 25.8 Å². The average molecular weight is 237 g/mol. The van der Waals surface area contributed by atoms with Gasteiger partial charge in [0.1, 0.15) is 6.26 Å². The van der Waals surface area contributed by atoms with Crippen LogP contribution in [0.25, 0.3) is 0 Å². The second kappa shape index (κ2) is 4.61. The van der Waals surface area contributed by atoms with Crippen molar-refractivity contribution in [1.29, 1.82) is 0 Å². The molecule has 1 saturated heterocycles. The number of furan rings is 1. The van der Waals surface area contributed by atoms with E-state index in [2.05, 4.69) is 0 Å². The summed E-state index contributed by atoms with van der Waals surface area (Å²) >= 11 is 0. The summed E-state index contributed by atoms with van der Waals surface area (Å²) in [5.41, 5.74) is 0.475. The molecule has 0 aliphatic carbocycles. The van der Waals surface area contributed by atoms with Gasteiger partial charge in [-0.15, -0.1) is 0 Å². The normalized spacial score (nSPS) is 24.6. The van der Waals surface area contributed by atoms with Crippen LogP contribution >= 0.6 is 0 Å². The molecule has 0 saturated carbocycles. The van der Waals surface area contributed by atoms with Gasteiger partial charge in [0.2, 0.25) is 0 Å². The summed E-state index contributed by atoms with van der Waals surface area (Å²) in [6.07, 6.45) is 4.19. The highest BCUT2D eigenvalue weighted by atomic mass is 16.4. The van der Waals surface area contributed by atoms with Gasteiger partial charge in [-0.3, -0.25) is 9.59 Å². The van der Waals surface area contributed by atoms with E-state index in [9.17, 15) is 9.59 Å². The van der Waals surface area contributed by atoms with Crippen molar-refractivity contribution in [3.8, 4) is 0 Å². The van der Waals surface area contributed by atoms with Gasteiger partial charge in [0.25, 0.3) is 5.91 Å². The van der Waals surface area contributed by atoms with Crippen LogP contribution in [0.2, 0.25) is 0 Å². The molecule has 1 aromatic heterocycles. The molecule has 2 rings (SSSR count). The van der Waals surface area contributed by atoms with Crippen molar-refractivity contribution >= 4 is 11.9 Å². The quantitative estimate of drug-likeness (QED) is 0.848. The Bertz CT molecular complexity index is 412. The molecule has 17 heavy (non-hydrogen) atoms. The van der Waals surface area contributed by atoms with Gasteiger partial charge >= 0.3 is 5.97 Å². The van der Waals surface area contributed by atoms with E-state index in [1.54, 1.807) is 17.9 Å². The monoisotopic (exact) mass is 237 g/mol. The molecule has 1 N–H and O–H groups in total. The topological polar surface area (TPSA) is 70.8 Å². The second-order valence-electron chi connectivity index (χ2n) is 4.34. The lowest BCUT2D eigenvalue weighted by Gasteiger charge is -2.37. The molecule has 0 bridgehead atoms. The average Bonchev–Trinajstić information content (AvgIpc) is 2.81. The van der Waals surface area contributed by atoms with Gasteiger partial charge in [0.15, 0.2) is 0 Å². The lowest BCUT2D eigenvalue weighted by Crippen LogP contribution is -2.49. The van der Waals surface area contributed by atoms with Gasteiger partial charge in [-0.1, -0.05) is 0 Å². The number of piperidine rings is 1. The number of likely N-dealkylation sites (tertiary alicyclic amines) is 1. The van der Waals surface area contributed by atoms with Crippen molar-refractivity contribution in [3.05, 3.63) is 24.2 Å². The molecule has 1 fully saturated rings. The van der Waals surface area contributed by atoms with Gasteiger partial charge in [-0.25, -0.2) is 0 Å². The maximum atomic E-state index is 12.1. The first-order chi connectivity index (χ1) is 8.11. The molecule has 0 aromatic carbocycles. The number of carbonyl (C=O) groups is 2. The zero-order valence-electron chi connectivity index (χ0n) is 9.63. The number of carboxylic acid groups (broad SMARTS) is 1. The van der Waals surface area contributed by atoms with E-state index in [0.29, 0.717) is 18.5 Å². The van der Waals surface area contributed by atoms with E-state index in [1.165, 1.54) is 12.5 Å². The summed E-state index contributed by atoms with van der Waals surface area (Å²) in [4.78, 5) is 24.8. The number of aliphatic carboxylic acids is 1. The molecule has 0 unspecified atom stereocenters. The number of nitrogens with zero attached hydrogens (tertiary/aromatic N) is 1.